The van der Waals surface area contributed by atoms with Gasteiger partial charge >= 0.3 is 0 Å². The molecule has 140 valence electrons. The van der Waals surface area contributed by atoms with Crippen LogP contribution in [0.15, 0.2) is 77.2 Å². The first kappa shape index (κ1) is 17.9. The van der Waals surface area contributed by atoms with E-state index in [-0.39, 0.29) is 11.9 Å². The van der Waals surface area contributed by atoms with E-state index >= 15 is 0 Å². The summed E-state index contributed by atoms with van der Waals surface area (Å²) in [6, 6.07) is 22.1. The predicted octanol–water partition coefficient (Wildman–Crippen LogP) is 5.69. The molecule has 0 aliphatic rings. The van der Waals surface area contributed by atoms with E-state index in [2.05, 4.69) is 47.6 Å². The maximum Gasteiger partial charge on any atom is 0.250 e. The molecule has 5 heteroatoms. The zero-order valence-electron chi connectivity index (χ0n) is 15.7. The van der Waals surface area contributed by atoms with Gasteiger partial charge in [0, 0.05) is 5.69 Å². The van der Waals surface area contributed by atoms with Crippen molar-refractivity contribution in [3.8, 4) is 11.5 Å². The van der Waals surface area contributed by atoms with Gasteiger partial charge in [0.15, 0.2) is 0 Å². The van der Waals surface area contributed by atoms with Gasteiger partial charge in [-0.15, -0.1) is 10.2 Å². The molecule has 0 unspecified atom stereocenters. The second-order valence-electron chi connectivity index (χ2n) is 6.79. The average Bonchev–Trinajstić information content (AvgIpc) is 3.16. The van der Waals surface area contributed by atoms with Crippen molar-refractivity contribution in [3.05, 3.63) is 101 Å². The van der Waals surface area contributed by atoms with Crippen LogP contribution in [0.2, 0.25) is 0 Å². The summed E-state index contributed by atoms with van der Waals surface area (Å²) in [5, 5.41) is 11.8. The quantitative estimate of drug-likeness (QED) is 0.488. The fourth-order valence-corrected chi connectivity index (χ4v) is 3.25. The van der Waals surface area contributed by atoms with E-state index < -0.39 is 5.82 Å². The highest BCUT2D eigenvalue weighted by molar-refractivity contribution is 5.54. The van der Waals surface area contributed by atoms with Crippen LogP contribution in [0.5, 0.6) is 0 Å². The molecular formula is C23H20FN3O. The van der Waals surface area contributed by atoms with Gasteiger partial charge in [-0.1, -0.05) is 48.5 Å². The lowest BCUT2D eigenvalue weighted by molar-refractivity contribution is 0.490. The van der Waals surface area contributed by atoms with Gasteiger partial charge in [0.25, 0.3) is 5.89 Å². The number of aryl methyl sites for hydroxylation is 2. The third-order valence-electron chi connectivity index (χ3n) is 4.46. The standard InChI is InChI=1S/C23H20FN3O/c1-15-12-16(2)14-18(13-15)25-21(17-8-4-3-5-9-17)23-27-26-22(28-23)19-10-6-7-11-20(19)24/h3-14,21,25H,1-2H3/t21-/m1/s1. The fraction of sp³-hybridized carbons (Fsp3) is 0.130. The van der Waals surface area contributed by atoms with Crippen LogP contribution >= 0.6 is 0 Å². The van der Waals surface area contributed by atoms with Gasteiger partial charge in [-0.05, 0) is 54.8 Å². The lowest BCUT2D eigenvalue weighted by Gasteiger charge is -2.18. The van der Waals surface area contributed by atoms with Crippen LogP contribution in [0.4, 0.5) is 10.1 Å². The Morgan fingerprint density at radius 2 is 1.54 bits per heavy atom. The highest BCUT2D eigenvalue weighted by Gasteiger charge is 2.22. The topological polar surface area (TPSA) is 51.0 Å². The predicted molar refractivity (Wildman–Crippen MR) is 108 cm³/mol. The Labute approximate surface area is 163 Å². The van der Waals surface area contributed by atoms with Crippen molar-refractivity contribution in [1.29, 1.82) is 0 Å². The molecule has 1 N–H and O–H groups in total. The molecule has 4 rings (SSSR count). The van der Waals surface area contributed by atoms with Gasteiger partial charge in [0.2, 0.25) is 5.89 Å². The molecule has 1 atom stereocenters. The van der Waals surface area contributed by atoms with Crippen molar-refractivity contribution < 1.29 is 8.81 Å². The SMILES string of the molecule is Cc1cc(C)cc(N[C@H](c2ccccc2)c2nnc(-c3ccccc3F)o2)c1. The van der Waals surface area contributed by atoms with Crippen molar-refractivity contribution in [2.24, 2.45) is 0 Å². The van der Waals surface area contributed by atoms with Gasteiger partial charge in [-0.25, -0.2) is 4.39 Å². The van der Waals surface area contributed by atoms with Crippen molar-refractivity contribution >= 4 is 5.69 Å². The molecule has 0 bridgehead atoms. The second kappa shape index (κ2) is 7.64. The first-order chi connectivity index (χ1) is 13.6. The molecule has 1 heterocycles. The summed E-state index contributed by atoms with van der Waals surface area (Å²) in [5.41, 5.74) is 4.54. The van der Waals surface area contributed by atoms with Crippen LogP contribution in [0.25, 0.3) is 11.5 Å². The molecule has 0 saturated carbocycles. The van der Waals surface area contributed by atoms with E-state index in [0.717, 1.165) is 22.4 Å². The summed E-state index contributed by atoms with van der Waals surface area (Å²) in [5.74, 6) is 0.149. The molecule has 0 aliphatic carbocycles. The van der Waals surface area contributed by atoms with Crippen LogP contribution in [0.3, 0.4) is 0 Å². The molecule has 0 saturated heterocycles. The summed E-state index contributed by atoms with van der Waals surface area (Å²) in [4.78, 5) is 0. The minimum Gasteiger partial charge on any atom is -0.418 e. The highest BCUT2D eigenvalue weighted by Crippen LogP contribution is 2.29. The summed E-state index contributed by atoms with van der Waals surface area (Å²) >= 11 is 0. The minimum absolute atomic E-state index is 0.163. The fourth-order valence-electron chi connectivity index (χ4n) is 3.25. The molecule has 0 aliphatic heterocycles. The number of aromatic nitrogens is 2. The van der Waals surface area contributed by atoms with Crippen LogP contribution in [0.1, 0.15) is 28.6 Å². The third-order valence-corrected chi connectivity index (χ3v) is 4.46. The number of hydrogen-bond acceptors (Lipinski definition) is 4. The monoisotopic (exact) mass is 373 g/mol. The zero-order valence-corrected chi connectivity index (χ0v) is 15.7. The summed E-state index contributed by atoms with van der Waals surface area (Å²) in [7, 11) is 0. The number of rotatable bonds is 5. The molecule has 0 amide bonds. The molecule has 0 spiro atoms. The van der Waals surface area contributed by atoms with E-state index in [0.29, 0.717) is 11.5 Å². The van der Waals surface area contributed by atoms with Gasteiger partial charge in [0.1, 0.15) is 11.9 Å². The van der Waals surface area contributed by atoms with E-state index in [1.807, 2.05) is 30.3 Å². The number of benzene rings is 3. The average molecular weight is 373 g/mol. The first-order valence-corrected chi connectivity index (χ1v) is 9.08. The lowest BCUT2D eigenvalue weighted by atomic mass is 10.1. The Kier molecular flexibility index (Phi) is 4.89. The molecule has 3 aromatic carbocycles. The Morgan fingerprint density at radius 3 is 2.25 bits per heavy atom. The van der Waals surface area contributed by atoms with Crippen LogP contribution < -0.4 is 5.32 Å². The maximum atomic E-state index is 14.1. The van der Waals surface area contributed by atoms with Crippen LogP contribution in [-0.2, 0) is 0 Å². The largest absolute Gasteiger partial charge is 0.418 e. The molecule has 1 aromatic heterocycles. The van der Waals surface area contributed by atoms with Crippen molar-refractivity contribution in [3.63, 3.8) is 0 Å². The Morgan fingerprint density at radius 1 is 0.857 bits per heavy atom. The molecule has 28 heavy (non-hydrogen) atoms. The maximum absolute atomic E-state index is 14.1. The Balaban J connectivity index is 1.73. The Bertz CT molecular complexity index is 1070. The normalized spacial score (nSPS) is 12.0. The molecule has 4 aromatic rings. The van der Waals surface area contributed by atoms with Gasteiger partial charge in [-0.2, -0.15) is 0 Å². The van der Waals surface area contributed by atoms with Gasteiger partial charge < -0.3 is 9.73 Å². The molecule has 0 radical (unpaired) electrons. The molecule has 0 fully saturated rings. The van der Waals surface area contributed by atoms with E-state index in [1.165, 1.54) is 6.07 Å². The minimum atomic E-state index is -0.392. The van der Waals surface area contributed by atoms with Crippen molar-refractivity contribution in [2.45, 2.75) is 19.9 Å². The zero-order chi connectivity index (χ0) is 19.5. The van der Waals surface area contributed by atoms with Gasteiger partial charge in [-0.3, -0.25) is 0 Å². The van der Waals surface area contributed by atoms with Crippen LogP contribution in [0, 0.1) is 19.7 Å². The molecule has 4 nitrogen and oxygen atoms in total. The van der Waals surface area contributed by atoms with Gasteiger partial charge in [0.05, 0.1) is 5.56 Å². The summed E-state index contributed by atoms with van der Waals surface area (Å²) in [6.07, 6.45) is 0. The number of halogens is 1. The van der Waals surface area contributed by atoms with Crippen LogP contribution in [-0.4, -0.2) is 10.2 Å². The summed E-state index contributed by atoms with van der Waals surface area (Å²) < 4.78 is 20.0. The molecular weight excluding hydrogens is 353 g/mol. The van der Waals surface area contributed by atoms with E-state index in [4.69, 9.17) is 4.42 Å². The lowest BCUT2D eigenvalue weighted by Crippen LogP contribution is -2.13. The number of nitrogens with zero attached hydrogens (tertiary/aromatic N) is 2. The van der Waals surface area contributed by atoms with E-state index in [9.17, 15) is 4.39 Å². The van der Waals surface area contributed by atoms with Crippen molar-refractivity contribution in [1.82, 2.24) is 10.2 Å². The first-order valence-electron chi connectivity index (χ1n) is 9.08. The number of nitrogens with one attached hydrogen (secondary N) is 1. The number of hydrogen-bond donors (Lipinski definition) is 1. The highest BCUT2D eigenvalue weighted by atomic mass is 19.1. The van der Waals surface area contributed by atoms with Crippen molar-refractivity contribution in [2.75, 3.05) is 5.32 Å². The number of anilines is 1. The Hall–Kier alpha value is -3.47. The summed E-state index contributed by atoms with van der Waals surface area (Å²) in [6.45, 7) is 4.11. The van der Waals surface area contributed by atoms with E-state index in [1.54, 1.807) is 18.2 Å². The second-order valence-corrected chi connectivity index (χ2v) is 6.79. The smallest absolute Gasteiger partial charge is 0.250 e. The third kappa shape index (κ3) is 3.78.